The third-order valence-corrected chi connectivity index (χ3v) is 4.77. The molecule has 0 aliphatic heterocycles. The van der Waals surface area contributed by atoms with Crippen LogP contribution in [0.5, 0.6) is 0 Å². The Hall–Kier alpha value is -2.59. The number of fused-ring (bicyclic) bond motifs is 2. The molecule has 3 aromatic rings. The summed E-state index contributed by atoms with van der Waals surface area (Å²) in [5.74, 6) is -1.13. The number of aromatic amines is 1. The maximum absolute atomic E-state index is 12.6. The molecule has 2 aromatic carbocycles. The number of aromatic nitrogens is 1. The van der Waals surface area contributed by atoms with Gasteiger partial charge in [0.2, 0.25) is 0 Å². The van der Waals surface area contributed by atoms with Gasteiger partial charge in [0.05, 0.1) is 11.6 Å². The van der Waals surface area contributed by atoms with Crippen LogP contribution >= 0.6 is 11.6 Å². The van der Waals surface area contributed by atoms with E-state index >= 15 is 0 Å². The van der Waals surface area contributed by atoms with E-state index in [4.69, 9.17) is 11.6 Å². The molecule has 5 heteroatoms. The number of carbonyl (C=O) groups is 2. The zero-order valence-electron chi connectivity index (χ0n) is 12.8. The van der Waals surface area contributed by atoms with Gasteiger partial charge in [0.15, 0.2) is 0 Å². The van der Waals surface area contributed by atoms with Crippen molar-refractivity contribution in [2.24, 2.45) is 0 Å². The molecule has 24 heavy (non-hydrogen) atoms. The molecule has 4 rings (SSSR count). The number of halogens is 1. The maximum Gasteiger partial charge on any atom is 0.292 e. The highest BCUT2D eigenvalue weighted by molar-refractivity contribution is 6.45. The Morgan fingerprint density at radius 2 is 2.00 bits per heavy atom. The zero-order valence-corrected chi connectivity index (χ0v) is 13.6. The van der Waals surface area contributed by atoms with Crippen molar-refractivity contribution in [3.63, 3.8) is 0 Å². The van der Waals surface area contributed by atoms with Gasteiger partial charge in [0.1, 0.15) is 0 Å². The Morgan fingerprint density at radius 1 is 1.17 bits per heavy atom. The van der Waals surface area contributed by atoms with Crippen LogP contribution in [0.1, 0.15) is 33.9 Å². The molecule has 0 saturated carbocycles. The Labute approximate surface area is 143 Å². The smallest absolute Gasteiger partial charge is 0.292 e. The summed E-state index contributed by atoms with van der Waals surface area (Å²) in [5.41, 5.74) is 3.45. The van der Waals surface area contributed by atoms with Crippen molar-refractivity contribution in [1.82, 2.24) is 10.3 Å². The summed E-state index contributed by atoms with van der Waals surface area (Å²) in [6.45, 7) is 0. The summed E-state index contributed by atoms with van der Waals surface area (Å²) < 4.78 is 0. The lowest BCUT2D eigenvalue weighted by Gasteiger charge is -2.13. The van der Waals surface area contributed by atoms with Crippen molar-refractivity contribution in [3.05, 3.63) is 70.4 Å². The molecule has 1 amide bonds. The van der Waals surface area contributed by atoms with Gasteiger partial charge in [-0.2, -0.15) is 0 Å². The Morgan fingerprint density at radius 3 is 2.88 bits per heavy atom. The van der Waals surface area contributed by atoms with Gasteiger partial charge in [0.25, 0.3) is 11.7 Å². The predicted octanol–water partition coefficient (Wildman–Crippen LogP) is 3.81. The predicted molar refractivity (Wildman–Crippen MR) is 93.3 cm³/mol. The Balaban J connectivity index is 1.58. The first-order valence-electron chi connectivity index (χ1n) is 7.83. The monoisotopic (exact) mass is 338 g/mol. The summed E-state index contributed by atoms with van der Waals surface area (Å²) in [7, 11) is 0. The molecule has 0 bridgehead atoms. The van der Waals surface area contributed by atoms with Crippen LogP contribution in [0.3, 0.4) is 0 Å². The molecule has 0 radical (unpaired) electrons. The normalized spacial score (nSPS) is 16.1. The number of carbonyl (C=O) groups excluding carboxylic acids is 2. The molecule has 1 atom stereocenters. The van der Waals surface area contributed by atoms with Crippen LogP contribution < -0.4 is 5.32 Å². The average molecular weight is 339 g/mol. The molecule has 1 heterocycles. The lowest BCUT2D eigenvalue weighted by molar-refractivity contribution is -0.117. The number of hydrogen-bond donors (Lipinski definition) is 2. The maximum atomic E-state index is 12.6. The van der Waals surface area contributed by atoms with Crippen LogP contribution in [-0.2, 0) is 11.2 Å². The topological polar surface area (TPSA) is 62.0 Å². The van der Waals surface area contributed by atoms with Crippen LogP contribution in [-0.4, -0.2) is 16.7 Å². The standard InChI is InChI=1S/C19H15ClN2O2/c20-12-6-8-16-14(9-12)15(10-21-16)18(23)19(24)22-17-7-5-11-3-1-2-4-13(11)17/h1-4,6,8-10,17,21H,5,7H2,(H,22,24)/t17-/m1/s1. The van der Waals surface area contributed by atoms with Crippen LogP contribution in [0.4, 0.5) is 0 Å². The van der Waals surface area contributed by atoms with Gasteiger partial charge in [-0.3, -0.25) is 9.59 Å². The molecular weight excluding hydrogens is 324 g/mol. The summed E-state index contributed by atoms with van der Waals surface area (Å²) >= 11 is 6.00. The fourth-order valence-electron chi connectivity index (χ4n) is 3.33. The van der Waals surface area contributed by atoms with Gasteiger partial charge in [-0.05, 0) is 42.2 Å². The summed E-state index contributed by atoms with van der Waals surface area (Å²) in [5, 5.41) is 4.06. The highest BCUT2D eigenvalue weighted by Crippen LogP contribution is 2.31. The van der Waals surface area contributed by atoms with Gasteiger partial charge in [-0.25, -0.2) is 0 Å². The van der Waals surface area contributed by atoms with Crippen molar-refractivity contribution in [1.29, 1.82) is 0 Å². The van der Waals surface area contributed by atoms with E-state index in [0.29, 0.717) is 16.0 Å². The van der Waals surface area contributed by atoms with Gasteiger partial charge >= 0.3 is 0 Å². The second-order valence-corrected chi connectivity index (χ2v) is 6.42. The molecular formula is C19H15ClN2O2. The van der Waals surface area contributed by atoms with Gasteiger partial charge in [-0.1, -0.05) is 35.9 Å². The summed E-state index contributed by atoms with van der Waals surface area (Å²) in [6.07, 6.45) is 3.29. The number of amides is 1. The minimum Gasteiger partial charge on any atom is -0.360 e. The lowest BCUT2D eigenvalue weighted by Crippen LogP contribution is -2.33. The minimum atomic E-state index is -0.586. The van der Waals surface area contributed by atoms with Gasteiger partial charge < -0.3 is 10.3 Å². The molecule has 0 spiro atoms. The van der Waals surface area contributed by atoms with E-state index in [2.05, 4.69) is 16.4 Å². The van der Waals surface area contributed by atoms with Crippen molar-refractivity contribution >= 4 is 34.2 Å². The second-order valence-electron chi connectivity index (χ2n) is 5.98. The molecule has 1 aromatic heterocycles. The number of H-pyrrole nitrogens is 1. The van der Waals surface area contributed by atoms with Gasteiger partial charge in [-0.15, -0.1) is 0 Å². The lowest BCUT2D eigenvalue weighted by atomic mass is 10.1. The number of rotatable bonds is 3. The summed E-state index contributed by atoms with van der Waals surface area (Å²) in [4.78, 5) is 28.0. The second kappa shape index (κ2) is 5.80. The van der Waals surface area contributed by atoms with Crippen LogP contribution in [0.25, 0.3) is 10.9 Å². The van der Waals surface area contributed by atoms with E-state index in [0.717, 1.165) is 23.9 Å². The summed E-state index contributed by atoms with van der Waals surface area (Å²) in [6, 6.07) is 13.1. The molecule has 120 valence electrons. The molecule has 0 fully saturated rings. The number of nitrogens with one attached hydrogen (secondary N) is 2. The number of Topliss-reactive ketones (excluding diaryl/α,β-unsaturated/α-hetero) is 1. The third-order valence-electron chi connectivity index (χ3n) is 4.53. The quantitative estimate of drug-likeness (QED) is 0.563. The molecule has 2 N–H and O–H groups in total. The highest BCUT2D eigenvalue weighted by atomic mass is 35.5. The first kappa shape index (κ1) is 15.0. The van der Waals surface area contributed by atoms with E-state index < -0.39 is 11.7 Å². The van der Waals surface area contributed by atoms with Gasteiger partial charge in [0, 0.05) is 22.1 Å². The number of benzene rings is 2. The average Bonchev–Trinajstić information content (AvgIpc) is 3.18. The van der Waals surface area contributed by atoms with E-state index in [9.17, 15) is 9.59 Å². The van der Waals surface area contributed by atoms with Crippen molar-refractivity contribution in [2.45, 2.75) is 18.9 Å². The molecule has 4 nitrogen and oxygen atoms in total. The van der Waals surface area contributed by atoms with E-state index in [1.807, 2.05) is 18.2 Å². The Kier molecular flexibility index (Phi) is 3.62. The van der Waals surface area contributed by atoms with Crippen molar-refractivity contribution < 1.29 is 9.59 Å². The fourth-order valence-corrected chi connectivity index (χ4v) is 3.51. The fraction of sp³-hybridized carbons (Fsp3) is 0.158. The van der Waals surface area contributed by atoms with Crippen LogP contribution in [0.2, 0.25) is 5.02 Å². The molecule has 0 unspecified atom stereocenters. The first-order chi connectivity index (χ1) is 11.6. The largest absolute Gasteiger partial charge is 0.360 e. The first-order valence-corrected chi connectivity index (χ1v) is 8.21. The van der Waals surface area contributed by atoms with E-state index in [1.54, 1.807) is 24.4 Å². The zero-order chi connectivity index (χ0) is 16.7. The van der Waals surface area contributed by atoms with Crippen LogP contribution in [0.15, 0.2) is 48.7 Å². The number of hydrogen-bond acceptors (Lipinski definition) is 2. The molecule has 0 saturated heterocycles. The molecule has 1 aliphatic carbocycles. The van der Waals surface area contributed by atoms with E-state index in [1.165, 1.54) is 5.56 Å². The minimum absolute atomic E-state index is 0.105. The Bertz CT molecular complexity index is 961. The highest BCUT2D eigenvalue weighted by Gasteiger charge is 2.27. The molecule has 1 aliphatic rings. The van der Waals surface area contributed by atoms with E-state index in [-0.39, 0.29) is 6.04 Å². The third kappa shape index (κ3) is 2.49. The number of ketones is 1. The number of aryl methyl sites for hydroxylation is 1. The van der Waals surface area contributed by atoms with Crippen molar-refractivity contribution in [3.8, 4) is 0 Å². The SMILES string of the molecule is O=C(N[C@@H]1CCc2ccccc21)C(=O)c1c[nH]c2ccc(Cl)cc12. The van der Waals surface area contributed by atoms with Crippen molar-refractivity contribution in [2.75, 3.05) is 0 Å². The van der Waals surface area contributed by atoms with Crippen LogP contribution in [0, 0.1) is 0 Å².